The standard InChI is InChI=1S/C20H21N5O6/c21-8-5-17(26)22-13-6-10-23(11-7-13)18(27)2-1-9-24-19(28)15-4-3-14(25(30)31)12-16(15)20(24)29/h3-4,12-13H,1-2,5-7,9-11H2,(H,22,26). The van der Waals surface area contributed by atoms with Crippen LogP contribution in [0.5, 0.6) is 0 Å². The summed E-state index contributed by atoms with van der Waals surface area (Å²) in [5.41, 5.74) is -0.127. The number of benzene rings is 1. The number of nitrogens with one attached hydrogen (secondary N) is 1. The molecule has 0 aromatic heterocycles. The number of nitrogens with zero attached hydrogens (tertiary/aromatic N) is 4. The van der Waals surface area contributed by atoms with Crippen molar-refractivity contribution in [1.29, 1.82) is 5.26 Å². The van der Waals surface area contributed by atoms with E-state index in [1.54, 1.807) is 11.0 Å². The van der Waals surface area contributed by atoms with Crippen LogP contribution < -0.4 is 5.32 Å². The highest BCUT2D eigenvalue weighted by Gasteiger charge is 2.36. The Hall–Kier alpha value is -3.81. The quantitative estimate of drug-likeness (QED) is 0.387. The first-order valence-electron chi connectivity index (χ1n) is 9.90. The van der Waals surface area contributed by atoms with Crippen molar-refractivity contribution in [2.75, 3.05) is 19.6 Å². The fourth-order valence-corrected chi connectivity index (χ4v) is 3.77. The van der Waals surface area contributed by atoms with Crippen molar-refractivity contribution in [3.63, 3.8) is 0 Å². The Morgan fingerprint density at radius 2 is 1.87 bits per heavy atom. The zero-order valence-electron chi connectivity index (χ0n) is 16.7. The fourth-order valence-electron chi connectivity index (χ4n) is 3.77. The molecular weight excluding hydrogens is 406 g/mol. The van der Waals surface area contributed by atoms with Crippen molar-refractivity contribution in [3.05, 3.63) is 39.4 Å². The molecule has 31 heavy (non-hydrogen) atoms. The number of imide groups is 1. The van der Waals surface area contributed by atoms with Crippen LogP contribution in [0.2, 0.25) is 0 Å². The van der Waals surface area contributed by atoms with Crippen molar-refractivity contribution >= 4 is 29.3 Å². The number of rotatable bonds is 7. The van der Waals surface area contributed by atoms with Crippen molar-refractivity contribution < 1.29 is 24.1 Å². The average molecular weight is 427 g/mol. The first kappa shape index (κ1) is 21.9. The fraction of sp³-hybridized carbons (Fsp3) is 0.450. The molecule has 11 nitrogen and oxygen atoms in total. The highest BCUT2D eigenvalue weighted by molar-refractivity contribution is 6.21. The van der Waals surface area contributed by atoms with Crippen LogP contribution in [0.25, 0.3) is 0 Å². The van der Waals surface area contributed by atoms with Gasteiger partial charge in [0.2, 0.25) is 11.8 Å². The van der Waals surface area contributed by atoms with Gasteiger partial charge in [-0.25, -0.2) is 0 Å². The number of likely N-dealkylation sites (tertiary alicyclic amines) is 1. The maximum Gasteiger partial charge on any atom is 0.270 e. The van der Waals surface area contributed by atoms with E-state index < -0.39 is 16.7 Å². The van der Waals surface area contributed by atoms with Crippen LogP contribution in [0.15, 0.2) is 18.2 Å². The lowest BCUT2D eigenvalue weighted by atomic mass is 10.0. The molecule has 3 rings (SSSR count). The Morgan fingerprint density at radius 1 is 1.19 bits per heavy atom. The third kappa shape index (κ3) is 4.85. The van der Waals surface area contributed by atoms with E-state index in [2.05, 4.69) is 5.32 Å². The van der Waals surface area contributed by atoms with Crippen LogP contribution in [0.4, 0.5) is 5.69 Å². The minimum Gasteiger partial charge on any atom is -0.352 e. The number of nitro benzene ring substituents is 1. The van der Waals surface area contributed by atoms with E-state index >= 15 is 0 Å². The summed E-state index contributed by atoms with van der Waals surface area (Å²) in [6, 6.07) is 5.29. The number of non-ortho nitro benzene ring substituents is 1. The molecule has 2 heterocycles. The number of hydrogen-bond donors (Lipinski definition) is 1. The molecule has 0 atom stereocenters. The molecule has 0 saturated carbocycles. The molecular formula is C20H21N5O6. The van der Waals surface area contributed by atoms with Gasteiger partial charge in [-0.2, -0.15) is 5.26 Å². The zero-order valence-corrected chi connectivity index (χ0v) is 16.7. The van der Waals surface area contributed by atoms with Crippen LogP contribution in [-0.2, 0) is 9.59 Å². The minimum atomic E-state index is -0.627. The van der Waals surface area contributed by atoms with E-state index in [9.17, 15) is 29.3 Å². The van der Waals surface area contributed by atoms with Gasteiger partial charge in [0.05, 0.1) is 22.1 Å². The first-order chi connectivity index (χ1) is 14.8. The Morgan fingerprint density at radius 3 is 2.52 bits per heavy atom. The molecule has 162 valence electrons. The second kappa shape index (κ2) is 9.34. The highest BCUT2D eigenvalue weighted by atomic mass is 16.6. The summed E-state index contributed by atoms with van der Waals surface area (Å²) >= 11 is 0. The zero-order chi connectivity index (χ0) is 22.5. The summed E-state index contributed by atoms with van der Waals surface area (Å²) in [5, 5.41) is 22.2. The predicted molar refractivity (Wildman–Crippen MR) is 106 cm³/mol. The smallest absolute Gasteiger partial charge is 0.270 e. The van der Waals surface area contributed by atoms with E-state index in [0.717, 1.165) is 11.0 Å². The molecule has 0 spiro atoms. The van der Waals surface area contributed by atoms with Crippen LogP contribution in [-0.4, -0.2) is 64.0 Å². The lowest BCUT2D eigenvalue weighted by Gasteiger charge is -2.32. The maximum atomic E-state index is 12.5. The van der Waals surface area contributed by atoms with Crippen LogP contribution in [0, 0.1) is 21.4 Å². The number of hydrogen-bond acceptors (Lipinski definition) is 7. The second-order valence-corrected chi connectivity index (χ2v) is 7.41. The van der Waals surface area contributed by atoms with Crippen molar-refractivity contribution in [2.45, 2.75) is 38.1 Å². The second-order valence-electron chi connectivity index (χ2n) is 7.41. The molecule has 0 bridgehead atoms. The van der Waals surface area contributed by atoms with Crippen LogP contribution >= 0.6 is 0 Å². The van der Waals surface area contributed by atoms with Gasteiger partial charge in [-0.05, 0) is 25.3 Å². The van der Waals surface area contributed by atoms with Crippen LogP contribution in [0.3, 0.4) is 0 Å². The molecule has 0 unspecified atom stereocenters. The lowest BCUT2D eigenvalue weighted by molar-refractivity contribution is -0.384. The van der Waals surface area contributed by atoms with E-state index in [0.29, 0.717) is 25.9 Å². The molecule has 1 saturated heterocycles. The Bertz CT molecular complexity index is 977. The number of fused-ring (bicyclic) bond motifs is 1. The Balaban J connectivity index is 1.46. The minimum absolute atomic E-state index is 0.00560. The molecule has 1 N–H and O–H groups in total. The molecule has 2 aliphatic heterocycles. The van der Waals surface area contributed by atoms with Gasteiger partial charge in [0, 0.05) is 44.2 Å². The molecule has 0 aliphatic carbocycles. The summed E-state index contributed by atoms with van der Waals surface area (Å²) in [6.07, 6.45) is 1.44. The predicted octanol–water partition coefficient (Wildman–Crippen LogP) is 0.992. The molecule has 4 amide bonds. The molecule has 0 radical (unpaired) electrons. The number of nitro groups is 1. The van der Waals surface area contributed by atoms with Crippen molar-refractivity contribution in [3.8, 4) is 6.07 Å². The van der Waals surface area contributed by atoms with Crippen molar-refractivity contribution in [2.24, 2.45) is 0 Å². The monoisotopic (exact) mass is 427 g/mol. The number of nitriles is 1. The highest BCUT2D eigenvalue weighted by Crippen LogP contribution is 2.27. The van der Waals surface area contributed by atoms with E-state index in [1.807, 2.05) is 0 Å². The third-order valence-corrected chi connectivity index (χ3v) is 5.39. The summed E-state index contributed by atoms with van der Waals surface area (Å²) < 4.78 is 0. The maximum absolute atomic E-state index is 12.5. The SMILES string of the molecule is N#CCC(=O)NC1CCN(C(=O)CCCN2C(=O)c3ccc([N+](=O)[O-])cc3C2=O)CC1. The van der Waals surface area contributed by atoms with Gasteiger partial charge < -0.3 is 10.2 Å². The van der Waals surface area contributed by atoms with Crippen molar-refractivity contribution in [1.82, 2.24) is 15.1 Å². The molecule has 2 aliphatic rings. The van der Waals surface area contributed by atoms with E-state index in [1.165, 1.54) is 12.1 Å². The largest absolute Gasteiger partial charge is 0.352 e. The van der Waals surface area contributed by atoms with E-state index in [4.69, 9.17) is 5.26 Å². The van der Waals surface area contributed by atoms with Gasteiger partial charge in [-0.15, -0.1) is 0 Å². The number of carbonyl (C=O) groups is 4. The lowest BCUT2D eigenvalue weighted by Crippen LogP contribution is -2.46. The Kier molecular flexibility index (Phi) is 6.59. The van der Waals surface area contributed by atoms with Gasteiger partial charge in [0.15, 0.2) is 0 Å². The van der Waals surface area contributed by atoms with Gasteiger partial charge >= 0.3 is 0 Å². The third-order valence-electron chi connectivity index (χ3n) is 5.39. The summed E-state index contributed by atoms with van der Waals surface area (Å²) in [6.45, 7) is 1.01. The van der Waals surface area contributed by atoms with Gasteiger partial charge in [0.25, 0.3) is 17.5 Å². The summed E-state index contributed by atoms with van der Waals surface area (Å²) in [7, 11) is 0. The van der Waals surface area contributed by atoms with Crippen LogP contribution in [0.1, 0.15) is 52.8 Å². The topological polar surface area (TPSA) is 154 Å². The number of piperidine rings is 1. The number of carbonyl (C=O) groups excluding carboxylic acids is 4. The van der Waals surface area contributed by atoms with E-state index in [-0.39, 0.29) is 60.5 Å². The number of amides is 4. The normalized spacial score (nSPS) is 16.1. The molecule has 11 heteroatoms. The molecule has 1 aromatic rings. The first-order valence-corrected chi connectivity index (χ1v) is 9.90. The Labute approximate surface area is 177 Å². The molecule has 1 fully saturated rings. The molecule has 1 aromatic carbocycles. The average Bonchev–Trinajstić information content (AvgIpc) is 2.98. The van der Waals surface area contributed by atoms with Gasteiger partial charge in [-0.3, -0.25) is 34.2 Å². The summed E-state index contributed by atoms with van der Waals surface area (Å²) in [4.78, 5) is 61.7. The van der Waals surface area contributed by atoms with Gasteiger partial charge in [-0.1, -0.05) is 0 Å². The van der Waals surface area contributed by atoms with Gasteiger partial charge in [0.1, 0.15) is 6.42 Å². The summed E-state index contributed by atoms with van der Waals surface area (Å²) in [5.74, 6) is -1.53.